The zero-order valence-corrected chi connectivity index (χ0v) is 13.2. The molecule has 3 heterocycles. The average Bonchev–Trinajstić information content (AvgIpc) is 3.14. The molecule has 0 N–H and O–H groups in total. The van der Waals surface area contributed by atoms with E-state index in [1.54, 1.807) is 0 Å². The second kappa shape index (κ2) is 4.94. The standard InChI is InChI=1S/C17H17N3O3/c1-10-14(21-9-18-10)15-19-16(23-20-15)12-8-17(2,3)22-13-7-5-4-6-11(12)13/h4-7,9,12H,8H2,1-3H3. The molecule has 0 radical (unpaired) electrons. The summed E-state index contributed by atoms with van der Waals surface area (Å²) in [7, 11) is 0. The summed E-state index contributed by atoms with van der Waals surface area (Å²) < 4.78 is 16.9. The number of fused-ring (bicyclic) bond motifs is 1. The van der Waals surface area contributed by atoms with Crippen molar-refractivity contribution in [3.63, 3.8) is 0 Å². The third kappa shape index (κ3) is 2.40. The molecule has 0 spiro atoms. The van der Waals surface area contributed by atoms with Crippen molar-refractivity contribution in [3.05, 3.63) is 47.8 Å². The molecule has 1 aromatic carbocycles. The smallest absolute Gasteiger partial charge is 0.240 e. The average molecular weight is 311 g/mol. The molecule has 2 aromatic heterocycles. The highest BCUT2D eigenvalue weighted by molar-refractivity contribution is 5.49. The quantitative estimate of drug-likeness (QED) is 0.718. The van der Waals surface area contributed by atoms with Crippen molar-refractivity contribution in [3.8, 4) is 17.3 Å². The first kappa shape index (κ1) is 14.0. The lowest BCUT2D eigenvalue weighted by atomic mass is 9.84. The Morgan fingerprint density at radius 2 is 2.04 bits per heavy atom. The summed E-state index contributed by atoms with van der Waals surface area (Å²) in [5, 5.41) is 4.05. The van der Waals surface area contributed by atoms with Crippen molar-refractivity contribution >= 4 is 0 Å². The molecule has 6 nitrogen and oxygen atoms in total. The fraction of sp³-hybridized carbons (Fsp3) is 0.353. The molecule has 1 aliphatic heterocycles. The summed E-state index contributed by atoms with van der Waals surface area (Å²) >= 11 is 0. The fourth-order valence-corrected chi connectivity index (χ4v) is 3.01. The summed E-state index contributed by atoms with van der Waals surface area (Å²) in [6, 6.07) is 7.97. The summed E-state index contributed by atoms with van der Waals surface area (Å²) in [5.41, 5.74) is 1.51. The zero-order chi connectivity index (χ0) is 16.0. The van der Waals surface area contributed by atoms with E-state index >= 15 is 0 Å². The number of rotatable bonds is 2. The van der Waals surface area contributed by atoms with Crippen molar-refractivity contribution < 1.29 is 13.7 Å². The van der Waals surface area contributed by atoms with Gasteiger partial charge in [0, 0.05) is 12.0 Å². The highest BCUT2D eigenvalue weighted by Gasteiger charge is 2.37. The highest BCUT2D eigenvalue weighted by atomic mass is 16.5. The minimum atomic E-state index is -0.296. The number of benzene rings is 1. The SMILES string of the molecule is Cc1ncoc1-c1noc(C2CC(C)(C)Oc3ccccc32)n1. The normalized spacial score (nSPS) is 19.2. The fourth-order valence-electron chi connectivity index (χ4n) is 3.01. The van der Waals surface area contributed by atoms with Crippen LogP contribution in [0.25, 0.3) is 11.6 Å². The number of nitrogens with zero attached hydrogens (tertiary/aromatic N) is 3. The predicted molar refractivity (Wildman–Crippen MR) is 82.1 cm³/mol. The van der Waals surface area contributed by atoms with E-state index in [2.05, 4.69) is 29.0 Å². The number of aryl methyl sites for hydroxylation is 1. The van der Waals surface area contributed by atoms with Gasteiger partial charge in [0.05, 0.1) is 11.6 Å². The van der Waals surface area contributed by atoms with Gasteiger partial charge >= 0.3 is 0 Å². The molecule has 1 unspecified atom stereocenters. The predicted octanol–water partition coefficient (Wildman–Crippen LogP) is 3.73. The van der Waals surface area contributed by atoms with Gasteiger partial charge in [0.15, 0.2) is 12.2 Å². The van der Waals surface area contributed by atoms with Crippen molar-refractivity contribution in [2.45, 2.75) is 38.7 Å². The lowest BCUT2D eigenvalue weighted by Gasteiger charge is -2.36. The number of oxazole rings is 1. The van der Waals surface area contributed by atoms with Gasteiger partial charge in [0.25, 0.3) is 0 Å². The molecular weight excluding hydrogens is 294 g/mol. The summed E-state index contributed by atoms with van der Waals surface area (Å²) in [6.07, 6.45) is 2.15. The first-order chi connectivity index (χ1) is 11.0. The Kier molecular flexibility index (Phi) is 3.01. The van der Waals surface area contributed by atoms with E-state index in [4.69, 9.17) is 13.7 Å². The van der Waals surface area contributed by atoms with Crippen LogP contribution in [-0.4, -0.2) is 20.7 Å². The van der Waals surface area contributed by atoms with Crippen LogP contribution in [0.4, 0.5) is 0 Å². The Labute approximate surface area is 133 Å². The van der Waals surface area contributed by atoms with Crippen LogP contribution >= 0.6 is 0 Å². The van der Waals surface area contributed by atoms with Crippen LogP contribution in [0, 0.1) is 6.92 Å². The number of aromatic nitrogens is 3. The number of ether oxygens (including phenoxy) is 1. The van der Waals surface area contributed by atoms with Gasteiger partial charge in [-0.15, -0.1) is 0 Å². The van der Waals surface area contributed by atoms with Crippen LogP contribution < -0.4 is 4.74 Å². The Morgan fingerprint density at radius 3 is 2.83 bits per heavy atom. The van der Waals surface area contributed by atoms with Crippen molar-refractivity contribution in [1.82, 2.24) is 15.1 Å². The largest absolute Gasteiger partial charge is 0.488 e. The molecule has 6 heteroatoms. The third-order valence-electron chi connectivity index (χ3n) is 4.06. The summed E-state index contributed by atoms with van der Waals surface area (Å²) in [4.78, 5) is 8.60. The van der Waals surface area contributed by atoms with Gasteiger partial charge in [-0.25, -0.2) is 4.98 Å². The second-order valence-electron chi connectivity index (χ2n) is 6.38. The summed E-state index contributed by atoms with van der Waals surface area (Å²) in [5.74, 6) is 2.40. The highest BCUT2D eigenvalue weighted by Crippen LogP contribution is 2.43. The molecule has 1 atom stereocenters. The number of hydrogen-bond acceptors (Lipinski definition) is 6. The number of hydrogen-bond donors (Lipinski definition) is 0. The maximum absolute atomic E-state index is 6.05. The minimum absolute atomic E-state index is 0.000530. The maximum atomic E-state index is 6.05. The Hall–Kier alpha value is -2.63. The maximum Gasteiger partial charge on any atom is 0.240 e. The molecule has 23 heavy (non-hydrogen) atoms. The molecular formula is C17H17N3O3. The number of para-hydroxylation sites is 1. The van der Waals surface area contributed by atoms with Crippen LogP contribution in [0.3, 0.4) is 0 Å². The third-order valence-corrected chi connectivity index (χ3v) is 4.06. The Morgan fingerprint density at radius 1 is 1.22 bits per heavy atom. The van der Waals surface area contributed by atoms with Gasteiger partial charge in [-0.05, 0) is 26.8 Å². The van der Waals surface area contributed by atoms with E-state index in [1.807, 2.05) is 31.2 Å². The molecule has 0 bridgehead atoms. The van der Waals surface area contributed by atoms with Gasteiger partial charge in [-0.3, -0.25) is 0 Å². The second-order valence-corrected chi connectivity index (χ2v) is 6.38. The van der Waals surface area contributed by atoms with Gasteiger partial charge in [-0.1, -0.05) is 23.4 Å². The first-order valence-corrected chi connectivity index (χ1v) is 7.55. The van der Waals surface area contributed by atoms with E-state index in [9.17, 15) is 0 Å². The van der Waals surface area contributed by atoms with Crippen molar-refractivity contribution in [2.24, 2.45) is 0 Å². The molecule has 3 aromatic rings. The van der Waals surface area contributed by atoms with Gasteiger partial charge in [0.2, 0.25) is 11.7 Å². The van der Waals surface area contributed by atoms with E-state index in [0.29, 0.717) is 17.5 Å². The summed E-state index contributed by atoms with van der Waals surface area (Å²) in [6.45, 7) is 5.98. The van der Waals surface area contributed by atoms with E-state index in [-0.39, 0.29) is 11.5 Å². The lowest BCUT2D eigenvalue weighted by molar-refractivity contribution is 0.0725. The molecule has 0 saturated carbocycles. The topological polar surface area (TPSA) is 74.2 Å². The minimum Gasteiger partial charge on any atom is -0.488 e. The van der Waals surface area contributed by atoms with Gasteiger partial charge in [0.1, 0.15) is 11.4 Å². The molecule has 1 aliphatic rings. The lowest BCUT2D eigenvalue weighted by Crippen LogP contribution is -2.35. The Bertz CT molecular complexity index is 850. The van der Waals surface area contributed by atoms with Crippen LogP contribution in [0.2, 0.25) is 0 Å². The van der Waals surface area contributed by atoms with Crippen LogP contribution in [0.5, 0.6) is 5.75 Å². The monoisotopic (exact) mass is 311 g/mol. The zero-order valence-electron chi connectivity index (χ0n) is 13.2. The van der Waals surface area contributed by atoms with E-state index in [1.165, 1.54) is 6.39 Å². The van der Waals surface area contributed by atoms with E-state index < -0.39 is 0 Å². The molecule has 0 saturated heterocycles. The van der Waals surface area contributed by atoms with Gasteiger partial charge in [-0.2, -0.15) is 4.98 Å². The van der Waals surface area contributed by atoms with Gasteiger partial charge < -0.3 is 13.7 Å². The Balaban J connectivity index is 1.76. The molecule has 0 amide bonds. The molecule has 0 aliphatic carbocycles. The van der Waals surface area contributed by atoms with Crippen LogP contribution in [0.1, 0.15) is 43.3 Å². The van der Waals surface area contributed by atoms with Crippen molar-refractivity contribution in [2.75, 3.05) is 0 Å². The molecule has 4 rings (SSSR count). The molecule has 118 valence electrons. The van der Waals surface area contributed by atoms with Crippen LogP contribution in [0.15, 0.2) is 39.6 Å². The molecule has 0 fully saturated rings. The van der Waals surface area contributed by atoms with E-state index in [0.717, 1.165) is 23.4 Å². The van der Waals surface area contributed by atoms with Crippen LogP contribution in [-0.2, 0) is 0 Å². The van der Waals surface area contributed by atoms with Crippen molar-refractivity contribution in [1.29, 1.82) is 0 Å². The first-order valence-electron chi connectivity index (χ1n) is 7.55.